The minimum Gasteiger partial charge on any atom is -0.467 e. The van der Waals surface area contributed by atoms with Crippen LogP contribution in [0.1, 0.15) is 58.2 Å². The van der Waals surface area contributed by atoms with Gasteiger partial charge in [0.15, 0.2) is 6.04 Å². The van der Waals surface area contributed by atoms with Crippen LogP contribution in [-0.4, -0.2) is 71.7 Å². The van der Waals surface area contributed by atoms with Gasteiger partial charge in [-0.05, 0) is 50.3 Å². The number of benzene rings is 3. The van der Waals surface area contributed by atoms with E-state index in [9.17, 15) is 24.3 Å². The number of aliphatic hydroxyl groups is 1. The van der Waals surface area contributed by atoms with E-state index in [4.69, 9.17) is 9.47 Å². The number of amides is 3. The molecule has 10 nitrogen and oxygen atoms in total. The van der Waals surface area contributed by atoms with Crippen LogP contribution in [0.2, 0.25) is 0 Å². The minimum atomic E-state index is -1.38. The third kappa shape index (κ3) is 10.1. The van der Waals surface area contributed by atoms with Gasteiger partial charge in [-0.3, -0.25) is 9.59 Å². The Morgan fingerprint density at radius 1 is 0.708 bits per heavy atom. The maximum Gasteiger partial charge on any atom is 0.408 e. The van der Waals surface area contributed by atoms with E-state index >= 15 is 0 Å². The predicted octanol–water partition coefficient (Wildman–Crippen LogP) is 4.78. The van der Waals surface area contributed by atoms with Gasteiger partial charge in [-0.2, -0.15) is 0 Å². The Labute approximate surface area is 287 Å². The van der Waals surface area contributed by atoms with Crippen molar-refractivity contribution in [3.63, 3.8) is 0 Å². The van der Waals surface area contributed by atoms with Crippen molar-refractivity contribution in [2.24, 2.45) is 5.92 Å². The molecule has 11 heteroatoms. The molecule has 0 saturated carbocycles. The average Bonchev–Trinajstić information content (AvgIpc) is 3.05. The molecule has 0 spiro atoms. The van der Waals surface area contributed by atoms with Crippen molar-refractivity contribution in [1.29, 1.82) is 0 Å². The molecular weight excluding hydrogens is 630 g/mol. The van der Waals surface area contributed by atoms with Crippen molar-refractivity contribution in [2.45, 2.75) is 76.1 Å². The Balaban J connectivity index is 2.08. The van der Waals surface area contributed by atoms with Gasteiger partial charge in [-0.1, -0.05) is 105 Å². The lowest BCUT2D eigenvalue weighted by Gasteiger charge is -2.37. The molecule has 0 aliphatic heterocycles. The highest BCUT2D eigenvalue weighted by atomic mass is 32.2. The van der Waals surface area contributed by atoms with Crippen LogP contribution in [-0.2, 0) is 28.6 Å². The normalized spacial score (nSPS) is 14.2. The zero-order valence-electron chi connectivity index (χ0n) is 28.6. The highest BCUT2D eigenvalue weighted by Gasteiger charge is 2.40. The van der Waals surface area contributed by atoms with E-state index in [1.165, 1.54) is 18.7 Å². The number of methoxy groups -OCH3 is 1. The summed E-state index contributed by atoms with van der Waals surface area (Å²) in [6.45, 7) is 10.0. The van der Waals surface area contributed by atoms with Gasteiger partial charge in [0.1, 0.15) is 17.7 Å². The summed E-state index contributed by atoms with van der Waals surface area (Å²) in [5.74, 6) is -2.51. The Kier molecular flexibility index (Phi) is 13.6. The fourth-order valence-electron chi connectivity index (χ4n) is 5.15. The number of esters is 1. The largest absolute Gasteiger partial charge is 0.467 e. The van der Waals surface area contributed by atoms with Gasteiger partial charge in [0.05, 0.1) is 18.0 Å². The Bertz CT molecular complexity index is 1400. The van der Waals surface area contributed by atoms with Gasteiger partial charge in [0, 0.05) is 5.75 Å². The number of ether oxygens (including phenoxy) is 2. The predicted molar refractivity (Wildman–Crippen MR) is 187 cm³/mol. The number of nitrogens with one attached hydrogen (secondary N) is 3. The summed E-state index contributed by atoms with van der Waals surface area (Å²) >= 11 is 1.43. The lowest BCUT2D eigenvalue weighted by Crippen LogP contribution is -2.59. The summed E-state index contributed by atoms with van der Waals surface area (Å²) in [7, 11) is 1.16. The van der Waals surface area contributed by atoms with Crippen molar-refractivity contribution in [1.82, 2.24) is 16.0 Å². The number of hydrogen-bond acceptors (Lipinski definition) is 8. The molecule has 0 aliphatic carbocycles. The van der Waals surface area contributed by atoms with Crippen molar-refractivity contribution in [3.05, 3.63) is 108 Å². The molecule has 0 saturated heterocycles. The number of alkyl carbamates (subject to hydrolysis) is 1. The molecule has 3 amide bonds. The van der Waals surface area contributed by atoms with Gasteiger partial charge in [0.2, 0.25) is 11.8 Å². The SMILES string of the molecule is COC(=O)[C@@H](NC(=O)[C@@H](CSC(c1ccccc1)(c1ccccc1)c1ccccc1)NC(=O)[C@H](NC(=O)OC(C)(C)C)C(C)C)[C@@H](C)O. The second-order valence-electron chi connectivity index (χ2n) is 12.8. The quantitative estimate of drug-likeness (QED) is 0.141. The molecule has 0 bridgehead atoms. The molecular formula is C37H47N3O7S. The topological polar surface area (TPSA) is 143 Å². The zero-order chi connectivity index (χ0) is 35.5. The molecule has 0 fully saturated rings. The highest BCUT2D eigenvalue weighted by Crippen LogP contribution is 2.48. The first-order valence-corrected chi connectivity index (χ1v) is 16.8. The van der Waals surface area contributed by atoms with Crippen LogP contribution < -0.4 is 16.0 Å². The lowest BCUT2D eigenvalue weighted by atomic mass is 9.84. The number of aliphatic hydroxyl groups excluding tert-OH is 1. The fourth-order valence-corrected chi connectivity index (χ4v) is 6.71. The van der Waals surface area contributed by atoms with Crippen LogP contribution in [0.5, 0.6) is 0 Å². The Hall–Kier alpha value is -4.35. The van der Waals surface area contributed by atoms with Crippen LogP contribution in [0, 0.1) is 5.92 Å². The lowest BCUT2D eigenvalue weighted by molar-refractivity contribution is -0.148. The number of rotatable bonds is 14. The van der Waals surface area contributed by atoms with Gasteiger partial charge in [-0.25, -0.2) is 9.59 Å². The van der Waals surface area contributed by atoms with Crippen molar-refractivity contribution < 1.29 is 33.8 Å². The van der Waals surface area contributed by atoms with E-state index < -0.39 is 58.5 Å². The van der Waals surface area contributed by atoms with Gasteiger partial charge < -0.3 is 30.5 Å². The Morgan fingerprint density at radius 3 is 1.54 bits per heavy atom. The maximum absolute atomic E-state index is 14.0. The third-order valence-electron chi connectivity index (χ3n) is 7.50. The highest BCUT2D eigenvalue weighted by molar-refractivity contribution is 8.00. The van der Waals surface area contributed by atoms with Crippen LogP contribution in [0.4, 0.5) is 4.79 Å². The number of thioether (sulfide) groups is 1. The molecule has 0 aromatic heterocycles. The minimum absolute atomic E-state index is 0.0290. The molecule has 258 valence electrons. The van der Waals surface area contributed by atoms with Crippen molar-refractivity contribution in [2.75, 3.05) is 12.9 Å². The first-order valence-electron chi connectivity index (χ1n) is 15.9. The van der Waals surface area contributed by atoms with E-state index in [0.717, 1.165) is 23.8 Å². The van der Waals surface area contributed by atoms with Crippen molar-refractivity contribution >= 4 is 35.6 Å². The second kappa shape index (κ2) is 17.2. The molecule has 3 aromatic rings. The van der Waals surface area contributed by atoms with E-state index in [1.54, 1.807) is 34.6 Å². The van der Waals surface area contributed by atoms with Gasteiger partial charge in [0.25, 0.3) is 0 Å². The van der Waals surface area contributed by atoms with Crippen LogP contribution in [0.25, 0.3) is 0 Å². The van der Waals surface area contributed by atoms with E-state index in [0.29, 0.717) is 0 Å². The molecule has 0 heterocycles. The summed E-state index contributed by atoms with van der Waals surface area (Å²) in [6.07, 6.45) is -2.05. The first-order chi connectivity index (χ1) is 22.7. The standard InChI is InChI=1S/C37H47N3O7S/c1-24(2)30(40-35(45)47-36(4,5)6)33(43)38-29(32(42)39-31(25(3)41)34(44)46-7)23-48-37(26-17-11-8-12-18-26,27-19-13-9-14-20-27)28-21-15-10-16-22-28/h8-22,24-25,29-31,41H,23H2,1-7H3,(H,38,43)(H,39,42)(H,40,45)/t25-,29-,30-,31+/m1/s1. The summed E-state index contributed by atoms with van der Waals surface area (Å²) in [5, 5.41) is 18.3. The van der Waals surface area contributed by atoms with Gasteiger partial charge >= 0.3 is 12.1 Å². The molecule has 4 N–H and O–H groups in total. The molecule has 48 heavy (non-hydrogen) atoms. The molecule has 0 aliphatic rings. The maximum atomic E-state index is 14.0. The van der Waals surface area contributed by atoms with Crippen LogP contribution >= 0.6 is 11.8 Å². The molecule has 0 radical (unpaired) electrons. The summed E-state index contributed by atoms with van der Waals surface area (Å²) in [6, 6.07) is 25.9. The fraction of sp³-hybridized carbons (Fsp3) is 0.405. The number of hydrogen-bond donors (Lipinski definition) is 4. The smallest absolute Gasteiger partial charge is 0.408 e. The monoisotopic (exact) mass is 677 g/mol. The van der Waals surface area contributed by atoms with E-state index in [-0.39, 0.29) is 11.7 Å². The first kappa shape index (κ1) is 38.1. The molecule has 4 atom stereocenters. The third-order valence-corrected chi connectivity index (χ3v) is 9.14. The summed E-state index contributed by atoms with van der Waals surface area (Å²) in [5.41, 5.74) is 2.04. The van der Waals surface area contributed by atoms with E-state index in [2.05, 4.69) is 16.0 Å². The van der Waals surface area contributed by atoms with Gasteiger partial charge in [-0.15, -0.1) is 11.8 Å². The molecule has 3 aromatic carbocycles. The van der Waals surface area contributed by atoms with Crippen LogP contribution in [0.15, 0.2) is 91.0 Å². The second-order valence-corrected chi connectivity index (χ2v) is 14.0. The summed E-state index contributed by atoms with van der Waals surface area (Å²) in [4.78, 5) is 53.0. The molecule has 3 rings (SSSR count). The summed E-state index contributed by atoms with van der Waals surface area (Å²) < 4.78 is 9.37. The van der Waals surface area contributed by atoms with Crippen LogP contribution in [0.3, 0.4) is 0 Å². The van der Waals surface area contributed by atoms with Crippen molar-refractivity contribution in [3.8, 4) is 0 Å². The number of carbonyl (C=O) groups is 4. The van der Waals surface area contributed by atoms with E-state index in [1.807, 2.05) is 91.0 Å². The average molecular weight is 678 g/mol. The number of carbonyl (C=O) groups excluding carboxylic acids is 4. The Morgan fingerprint density at radius 2 is 1.17 bits per heavy atom. The molecule has 0 unspecified atom stereocenters. The zero-order valence-corrected chi connectivity index (χ0v) is 29.4.